The van der Waals surface area contributed by atoms with Gasteiger partial charge in [0.15, 0.2) is 0 Å². The third kappa shape index (κ3) is 4.58. The van der Waals surface area contributed by atoms with Crippen molar-refractivity contribution in [3.63, 3.8) is 0 Å². The minimum absolute atomic E-state index is 0.208. The van der Waals surface area contributed by atoms with Crippen molar-refractivity contribution in [2.24, 2.45) is 11.8 Å². The van der Waals surface area contributed by atoms with E-state index in [9.17, 15) is 13.2 Å². The summed E-state index contributed by atoms with van der Waals surface area (Å²) in [5.74, 6) is 0.307. The van der Waals surface area contributed by atoms with E-state index in [1.165, 1.54) is 35.6 Å². The largest absolute Gasteiger partial charge is 0.273 e. The Hall–Kier alpha value is -2.49. The SMILES string of the molecule is Cc1cccc2sc(NNC(=O)c3ccc(S(=O)(=O)N4C[C@@H](C)C[C@H](C)C4)cc3)nc12. The highest BCUT2D eigenvalue weighted by molar-refractivity contribution is 7.89. The third-order valence-corrected chi connectivity index (χ3v) is 8.28. The number of hydrazine groups is 1. The highest BCUT2D eigenvalue weighted by Gasteiger charge is 2.31. The lowest BCUT2D eigenvalue weighted by molar-refractivity contribution is 0.0962. The molecule has 9 heteroatoms. The van der Waals surface area contributed by atoms with E-state index in [1.807, 2.05) is 25.1 Å². The van der Waals surface area contributed by atoms with Gasteiger partial charge < -0.3 is 0 Å². The number of fused-ring (bicyclic) bond motifs is 1. The summed E-state index contributed by atoms with van der Waals surface area (Å²) in [5.41, 5.74) is 7.81. The van der Waals surface area contributed by atoms with Crippen molar-refractivity contribution in [1.29, 1.82) is 0 Å². The summed E-state index contributed by atoms with van der Waals surface area (Å²) in [7, 11) is -3.57. The highest BCUT2D eigenvalue weighted by atomic mass is 32.2. The van der Waals surface area contributed by atoms with Crippen LogP contribution in [0.3, 0.4) is 0 Å². The van der Waals surface area contributed by atoms with Gasteiger partial charge in [0.1, 0.15) is 0 Å². The second kappa shape index (κ2) is 8.57. The van der Waals surface area contributed by atoms with Crippen LogP contribution in [-0.2, 0) is 10.0 Å². The molecule has 1 fully saturated rings. The Kier molecular flexibility index (Phi) is 6.00. The summed E-state index contributed by atoms with van der Waals surface area (Å²) < 4.78 is 28.6. The number of amides is 1. The molecule has 0 unspecified atom stereocenters. The number of para-hydroxylation sites is 1. The van der Waals surface area contributed by atoms with Crippen molar-refractivity contribution < 1.29 is 13.2 Å². The number of anilines is 1. The van der Waals surface area contributed by atoms with Crippen molar-refractivity contribution in [2.45, 2.75) is 32.1 Å². The summed E-state index contributed by atoms with van der Waals surface area (Å²) in [6.07, 6.45) is 1.03. The van der Waals surface area contributed by atoms with Crippen LogP contribution in [0.1, 0.15) is 36.2 Å². The van der Waals surface area contributed by atoms with E-state index in [2.05, 4.69) is 29.7 Å². The molecule has 1 aliphatic rings. The Labute approximate surface area is 186 Å². The fourth-order valence-electron chi connectivity index (χ4n) is 4.05. The number of carbonyl (C=O) groups is 1. The number of carbonyl (C=O) groups excluding carboxylic acids is 1. The monoisotopic (exact) mass is 458 g/mol. The number of sulfonamides is 1. The zero-order valence-electron chi connectivity index (χ0n) is 17.8. The summed E-state index contributed by atoms with van der Waals surface area (Å²) in [6.45, 7) is 7.20. The average Bonchev–Trinajstić information content (AvgIpc) is 3.16. The molecule has 2 aromatic carbocycles. The van der Waals surface area contributed by atoms with Crippen LogP contribution in [0.2, 0.25) is 0 Å². The molecule has 1 saturated heterocycles. The van der Waals surface area contributed by atoms with Gasteiger partial charge in [0.05, 0.1) is 15.1 Å². The Bertz CT molecular complexity index is 1200. The summed E-state index contributed by atoms with van der Waals surface area (Å²) >= 11 is 1.45. The molecule has 31 heavy (non-hydrogen) atoms. The van der Waals surface area contributed by atoms with Crippen molar-refractivity contribution >= 4 is 42.6 Å². The maximum atomic E-state index is 13.0. The highest BCUT2D eigenvalue weighted by Crippen LogP contribution is 2.28. The normalized spacial score (nSPS) is 20.0. The van der Waals surface area contributed by atoms with Crippen LogP contribution in [0.15, 0.2) is 47.4 Å². The Morgan fingerprint density at radius 3 is 2.42 bits per heavy atom. The van der Waals surface area contributed by atoms with Crippen LogP contribution < -0.4 is 10.9 Å². The molecule has 3 aromatic rings. The van der Waals surface area contributed by atoms with Gasteiger partial charge in [0.25, 0.3) is 5.91 Å². The molecule has 0 bridgehead atoms. The molecular formula is C22H26N4O3S2. The average molecular weight is 459 g/mol. The van der Waals surface area contributed by atoms with Crippen LogP contribution in [0.4, 0.5) is 5.13 Å². The number of piperidine rings is 1. The van der Waals surface area contributed by atoms with E-state index >= 15 is 0 Å². The second-order valence-electron chi connectivity index (χ2n) is 8.31. The van der Waals surface area contributed by atoms with Gasteiger partial charge in [0, 0.05) is 18.7 Å². The van der Waals surface area contributed by atoms with Gasteiger partial charge in [-0.2, -0.15) is 4.31 Å². The van der Waals surface area contributed by atoms with Crippen molar-refractivity contribution in [3.8, 4) is 0 Å². The number of aromatic nitrogens is 1. The molecule has 7 nitrogen and oxygen atoms in total. The Morgan fingerprint density at radius 2 is 1.77 bits per heavy atom. The van der Waals surface area contributed by atoms with Crippen LogP contribution in [0, 0.1) is 18.8 Å². The fraction of sp³-hybridized carbons (Fsp3) is 0.364. The minimum Gasteiger partial charge on any atom is -0.273 e. The first-order chi connectivity index (χ1) is 14.7. The number of rotatable bonds is 5. The van der Waals surface area contributed by atoms with Gasteiger partial charge in [-0.25, -0.2) is 13.4 Å². The third-order valence-electron chi connectivity index (χ3n) is 5.49. The van der Waals surface area contributed by atoms with E-state index in [0.717, 1.165) is 22.2 Å². The predicted octanol–water partition coefficient (Wildman–Crippen LogP) is 4.03. The molecule has 2 heterocycles. The van der Waals surface area contributed by atoms with Crippen LogP contribution in [0.5, 0.6) is 0 Å². The standard InChI is InChI=1S/C22H26N4O3S2/c1-14-11-15(2)13-26(12-14)31(28,29)18-9-7-17(8-10-18)21(27)24-25-22-23-20-16(3)5-4-6-19(20)30-22/h4-10,14-15H,11-13H2,1-3H3,(H,23,25)(H,24,27)/t14-,15-/m0/s1. The molecule has 1 aliphatic heterocycles. The molecule has 2 atom stereocenters. The summed E-state index contributed by atoms with van der Waals surface area (Å²) in [6, 6.07) is 12.0. The molecule has 1 aromatic heterocycles. The number of hydrogen-bond donors (Lipinski definition) is 2. The minimum atomic E-state index is -3.57. The van der Waals surface area contributed by atoms with Gasteiger partial charge >= 0.3 is 0 Å². The van der Waals surface area contributed by atoms with Gasteiger partial charge in [0.2, 0.25) is 15.2 Å². The van der Waals surface area contributed by atoms with E-state index in [0.29, 0.717) is 35.6 Å². The molecule has 0 spiro atoms. The zero-order valence-corrected chi connectivity index (χ0v) is 19.4. The van der Waals surface area contributed by atoms with E-state index in [4.69, 9.17) is 0 Å². The maximum Gasteiger partial charge on any atom is 0.269 e. The lowest BCUT2D eigenvalue weighted by Gasteiger charge is -2.34. The fourth-order valence-corrected chi connectivity index (χ4v) is 6.63. The number of nitrogens with one attached hydrogen (secondary N) is 2. The molecular weight excluding hydrogens is 432 g/mol. The number of thiazole rings is 1. The van der Waals surface area contributed by atoms with Crippen LogP contribution >= 0.6 is 11.3 Å². The lowest BCUT2D eigenvalue weighted by atomic mass is 9.94. The molecule has 2 N–H and O–H groups in total. The second-order valence-corrected chi connectivity index (χ2v) is 11.3. The molecule has 1 amide bonds. The van der Waals surface area contributed by atoms with E-state index < -0.39 is 10.0 Å². The quantitative estimate of drug-likeness (QED) is 0.564. The molecule has 0 saturated carbocycles. The zero-order chi connectivity index (χ0) is 22.2. The van der Waals surface area contributed by atoms with Gasteiger partial charge in [-0.15, -0.1) is 0 Å². The smallest absolute Gasteiger partial charge is 0.269 e. The van der Waals surface area contributed by atoms with Gasteiger partial charge in [-0.3, -0.25) is 15.6 Å². The van der Waals surface area contributed by atoms with Gasteiger partial charge in [-0.05, 0) is 61.1 Å². The molecule has 164 valence electrons. The van der Waals surface area contributed by atoms with E-state index in [1.54, 1.807) is 4.31 Å². The Morgan fingerprint density at radius 1 is 1.10 bits per heavy atom. The number of aryl methyl sites for hydroxylation is 1. The first-order valence-corrected chi connectivity index (χ1v) is 12.5. The molecule has 4 rings (SSSR count). The Balaban J connectivity index is 1.43. The van der Waals surface area contributed by atoms with Crippen molar-refractivity contribution in [2.75, 3.05) is 18.5 Å². The van der Waals surface area contributed by atoms with Crippen molar-refractivity contribution in [1.82, 2.24) is 14.7 Å². The van der Waals surface area contributed by atoms with Gasteiger partial charge in [-0.1, -0.05) is 37.3 Å². The van der Waals surface area contributed by atoms with E-state index in [-0.39, 0.29) is 10.8 Å². The summed E-state index contributed by atoms with van der Waals surface area (Å²) in [5, 5.41) is 0.588. The first kappa shape index (κ1) is 21.7. The predicted molar refractivity (Wildman–Crippen MR) is 124 cm³/mol. The number of nitrogens with zero attached hydrogens (tertiary/aromatic N) is 2. The molecule has 0 aliphatic carbocycles. The van der Waals surface area contributed by atoms with Crippen molar-refractivity contribution in [3.05, 3.63) is 53.6 Å². The topological polar surface area (TPSA) is 91.4 Å². The van der Waals surface area contributed by atoms with Crippen LogP contribution in [0.25, 0.3) is 10.2 Å². The molecule has 0 radical (unpaired) electrons. The lowest BCUT2D eigenvalue weighted by Crippen LogP contribution is -2.42. The number of benzene rings is 2. The number of hydrogen-bond acceptors (Lipinski definition) is 6. The summed E-state index contributed by atoms with van der Waals surface area (Å²) in [4.78, 5) is 17.2. The first-order valence-electron chi connectivity index (χ1n) is 10.3. The van der Waals surface area contributed by atoms with Crippen LogP contribution in [-0.4, -0.2) is 36.7 Å². The maximum absolute atomic E-state index is 13.0.